The number of hydrogen-bond acceptors (Lipinski definition) is 3. The highest BCUT2D eigenvalue weighted by Crippen LogP contribution is 2.28. The molecule has 0 aliphatic heterocycles. The Hall–Kier alpha value is -0.870. The fourth-order valence-corrected chi connectivity index (χ4v) is 1.56. The fraction of sp³-hybridized carbons (Fsp3) is 0.300. The van der Waals surface area contributed by atoms with Crippen LogP contribution in [0.25, 0.3) is 0 Å². The molecule has 0 aliphatic rings. The van der Waals surface area contributed by atoms with Crippen molar-refractivity contribution in [1.82, 2.24) is 0 Å². The van der Waals surface area contributed by atoms with Crippen LogP contribution >= 0.6 is 15.9 Å². The normalized spacial score (nSPS) is 12.2. The van der Waals surface area contributed by atoms with Gasteiger partial charge >= 0.3 is 0 Å². The van der Waals surface area contributed by atoms with Crippen molar-refractivity contribution in [3.8, 4) is 5.75 Å². The average Bonchev–Trinajstić information content (AvgIpc) is 2.20. The molecule has 1 unspecified atom stereocenters. The third kappa shape index (κ3) is 2.33. The largest absolute Gasteiger partial charge is 0.496 e. The maximum atomic E-state index is 10.7. The minimum absolute atomic E-state index is 0.581. The van der Waals surface area contributed by atoms with Crippen molar-refractivity contribution in [3.63, 3.8) is 0 Å². The number of methoxy groups -OCH3 is 2. The lowest BCUT2D eigenvalue weighted by atomic mass is 10.1. The highest BCUT2D eigenvalue weighted by Gasteiger charge is 2.14. The predicted octanol–water partition coefficient (Wildman–Crippen LogP) is 2.34. The molecule has 0 aliphatic carbocycles. The Balaban J connectivity index is 3.14. The van der Waals surface area contributed by atoms with Crippen molar-refractivity contribution >= 4 is 22.2 Å². The number of hydrogen-bond donors (Lipinski definition) is 0. The first-order valence-electron chi connectivity index (χ1n) is 4.04. The van der Waals surface area contributed by atoms with E-state index in [1.807, 2.05) is 6.07 Å². The molecule has 3 nitrogen and oxygen atoms in total. The average molecular weight is 259 g/mol. The van der Waals surface area contributed by atoms with Crippen molar-refractivity contribution in [2.75, 3.05) is 14.2 Å². The maximum Gasteiger partial charge on any atom is 0.153 e. The van der Waals surface area contributed by atoms with Crippen LogP contribution in [-0.2, 0) is 9.53 Å². The minimum atomic E-state index is -0.581. The summed E-state index contributed by atoms with van der Waals surface area (Å²) in [6.07, 6.45) is 0.159. The molecule has 1 atom stereocenters. The number of rotatable bonds is 4. The molecule has 0 fully saturated rings. The van der Waals surface area contributed by atoms with Crippen LogP contribution in [0.5, 0.6) is 5.75 Å². The van der Waals surface area contributed by atoms with Gasteiger partial charge in [0.15, 0.2) is 6.29 Å². The smallest absolute Gasteiger partial charge is 0.153 e. The first-order chi connectivity index (χ1) is 6.72. The highest BCUT2D eigenvalue weighted by atomic mass is 79.9. The molecule has 4 heteroatoms. The van der Waals surface area contributed by atoms with Gasteiger partial charge in [0.25, 0.3) is 0 Å². The predicted molar refractivity (Wildman–Crippen MR) is 56.5 cm³/mol. The lowest BCUT2D eigenvalue weighted by Gasteiger charge is -2.13. The quantitative estimate of drug-likeness (QED) is 0.778. The molecule has 0 N–H and O–H groups in total. The number of halogens is 1. The van der Waals surface area contributed by atoms with Gasteiger partial charge in [0.1, 0.15) is 11.9 Å². The van der Waals surface area contributed by atoms with Gasteiger partial charge < -0.3 is 14.3 Å². The Kier molecular flexibility index (Phi) is 4.10. The van der Waals surface area contributed by atoms with Crippen LogP contribution in [-0.4, -0.2) is 20.5 Å². The molecule has 0 heterocycles. The standard InChI is InChI=1S/C10H11BrO3/c1-13-9-4-3-7(11)5-8(9)10(6-12)14-2/h3-6,10H,1-2H3. The van der Waals surface area contributed by atoms with Crippen molar-refractivity contribution in [1.29, 1.82) is 0 Å². The van der Waals surface area contributed by atoms with E-state index in [1.54, 1.807) is 19.2 Å². The zero-order chi connectivity index (χ0) is 10.6. The summed E-state index contributed by atoms with van der Waals surface area (Å²) >= 11 is 3.33. The second-order valence-electron chi connectivity index (χ2n) is 2.68. The van der Waals surface area contributed by atoms with Crippen LogP contribution in [0.4, 0.5) is 0 Å². The number of aldehydes is 1. The zero-order valence-electron chi connectivity index (χ0n) is 7.99. The summed E-state index contributed by atoms with van der Waals surface area (Å²) in [6.45, 7) is 0. The Morgan fingerprint density at radius 3 is 2.64 bits per heavy atom. The van der Waals surface area contributed by atoms with E-state index < -0.39 is 6.10 Å². The Labute approximate surface area is 91.1 Å². The van der Waals surface area contributed by atoms with Gasteiger partial charge in [-0.3, -0.25) is 0 Å². The lowest BCUT2D eigenvalue weighted by molar-refractivity contribution is -0.116. The maximum absolute atomic E-state index is 10.7. The molecule has 0 aromatic heterocycles. The first-order valence-corrected chi connectivity index (χ1v) is 4.83. The summed E-state index contributed by atoms with van der Waals surface area (Å²) in [5, 5.41) is 0. The molecule has 0 bridgehead atoms. The van der Waals surface area contributed by atoms with Gasteiger partial charge in [0.2, 0.25) is 0 Å². The van der Waals surface area contributed by atoms with Crippen molar-refractivity contribution in [2.45, 2.75) is 6.10 Å². The van der Waals surface area contributed by atoms with E-state index in [4.69, 9.17) is 9.47 Å². The molecule has 76 valence electrons. The summed E-state index contributed by atoms with van der Waals surface area (Å²) in [5.74, 6) is 0.646. The SMILES string of the molecule is COc1ccc(Br)cc1C(C=O)OC. The van der Waals surface area contributed by atoms with Gasteiger partial charge in [-0.05, 0) is 18.2 Å². The van der Waals surface area contributed by atoms with Crippen LogP contribution < -0.4 is 4.74 Å². The van der Waals surface area contributed by atoms with Crippen LogP contribution in [0, 0.1) is 0 Å². The third-order valence-corrected chi connectivity index (χ3v) is 2.37. The summed E-state index contributed by atoms with van der Waals surface area (Å²) in [7, 11) is 3.05. The molecule has 0 amide bonds. The fourth-order valence-electron chi connectivity index (χ4n) is 1.18. The summed E-state index contributed by atoms with van der Waals surface area (Å²) in [4.78, 5) is 10.7. The third-order valence-electron chi connectivity index (χ3n) is 1.88. The summed E-state index contributed by atoms with van der Waals surface area (Å²) in [6, 6.07) is 5.44. The van der Waals surface area contributed by atoms with Crippen molar-refractivity contribution in [3.05, 3.63) is 28.2 Å². The van der Waals surface area contributed by atoms with E-state index in [9.17, 15) is 4.79 Å². The van der Waals surface area contributed by atoms with Gasteiger partial charge in [0, 0.05) is 17.1 Å². The van der Waals surface area contributed by atoms with Gasteiger partial charge in [0.05, 0.1) is 7.11 Å². The van der Waals surface area contributed by atoms with Crippen LogP contribution in [0.15, 0.2) is 22.7 Å². The molecule has 14 heavy (non-hydrogen) atoms. The van der Waals surface area contributed by atoms with Gasteiger partial charge in [-0.2, -0.15) is 0 Å². The second kappa shape index (κ2) is 5.12. The van der Waals surface area contributed by atoms with Gasteiger partial charge in [-0.15, -0.1) is 0 Å². The van der Waals surface area contributed by atoms with E-state index in [0.717, 1.165) is 16.3 Å². The zero-order valence-corrected chi connectivity index (χ0v) is 9.58. The summed E-state index contributed by atoms with van der Waals surface area (Å²) in [5.41, 5.74) is 0.722. The topological polar surface area (TPSA) is 35.5 Å². The van der Waals surface area contributed by atoms with Crippen LogP contribution in [0.2, 0.25) is 0 Å². The molecular weight excluding hydrogens is 248 g/mol. The monoisotopic (exact) mass is 258 g/mol. The van der Waals surface area contributed by atoms with Crippen LogP contribution in [0.1, 0.15) is 11.7 Å². The van der Waals surface area contributed by atoms with Gasteiger partial charge in [-0.25, -0.2) is 0 Å². The molecule has 1 aromatic carbocycles. The molecule has 0 radical (unpaired) electrons. The van der Waals surface area contributed by atoms with E-state index in [1.165, 1.54) is 7.11 Å². The van der Waals surface area contributed by atoms with Crippen molar-refractivity contribution < 1.29 is 14.3 Å². The number of benzene rings is 1. The van der Waals surface area contributed by atoms with Gasteiger partial charge in [-0.1, -0.05) is 15.9 Å². The first kappa shape index (κ1) is 11.2. The molecule has 1 rings (SSSR count). The molecule has 0 saturated heterocycles. The Morgan fingerprint density at radius 2 is 2.14 bits per heavy atom. The Morgan fingerprint density at radius 1 is 1.43 bits per heavy atom. The van der Waals surface area contributed by atoms with E-state index >= 15 is 0 Å². The number of carbonyl (C=O) groups excluding carboxylic acids is 1. The minimum Gasteiger partial charge on any atom is -0.496 e. The Bertz CT molecular complexity index is 325. The van der Waals surface area contributed by atoms with Crippen LogP contribution in [0.3, 0.4) is 0 Å². The second-order valence-corrected chi connectivity index (χ2v) is 3.59. The number of carbonyl (C=O) groups is 1. The summed E-state index contributed by atoms with van der Waals surface area (Å²) < 4.78 is 11.0. The molecular formula is C10H11BrO3. The van der Waals surface area contributed by atoms with E-state index in [0.29, 0.717) is 5.75 Å². The molecule has 0 spiro atoms. The van der Waals surface area contributed by atoms with E-state index in [2.05, 4.69) is 15.9 Å². The molecule has 0 saturated carbocycles. The molecule has 1 aromatic rings. The van der Waals surface area contributed by atoms with Crippen molar-refractivity contribution in [2.24, 2.45) is 0 Å². The lowest BCUT2D eigenvalue weighted by Crippen LogP contribution is -2.04. The number of ether oxygens (including phenoxy) is 2. The highest BCUT2D eigenvalue weighted by molar-refractivity contribution is 9.10. The van der Waals surface area contributed by atoms with E-state index in [-0.39, 0.29) is 0 Å².